The molecular formula is C21H27ClN2O. The minimum atomic E-state index is 0. The fourth-order valence-corrected chi connectivity index (χ4v) is 3.61. The van der Waals surface area contributed by atoms with E-state index in [-0.39, 0.29) is 18.3 Å². The maximum atomic E-state index is 12.9. The van der Waals surface area contributed by atoms with E-state index in [0.29, 0.717) is 12.5 Å². The molecular weight excluding hydrogens is 332 g/mol. The smallest absolute Gasteiger partial charge is 0.227 e. The monoisotopic (exact) mass is 358 g/mol. The standard InChI is InChI=1S/C21H26N2O.ClH/c1-2-13-23(21(24)14-16-7-10-19(22)11-8-16)20-12-9-17-5-3-4-6-18(17)15-20;/h3-8,10-11,20H,2,9,12-15,22H2,1H3;1H. The maximum absolute atomic E-state index is 12.9. The van der Waals surface area contributed by atoms with E-state index >= 15 is 0 Å². The number of halogens is 1. The summed E-state index contributed by atoms with van der Waals surface area (Å²) in [5, 5.41) is 0. The van der Waals surface area contributed by atoms with Gasteiger partial charge in [-0.3, -0.25) is 4.79 Å². The fraction of sp³-hybridized carbons (Fsp3) is 0.381. The summed E-state index contributed by atoms with van der Waals surface area (Å²) in [5.41, 5.74) is 10.3. The number of fused-ring (bicyclic) bond motifs is 1. The first-order chi connectivity index (χ1) is 11.7. The van der Waals surface area contributed by atoms with Crippen molar-refractivity contribution in [1.82, 2.24) is 4.90 Å². The van der Waals surface area contributed by atoms with Crippen LogP contribution in [0.25, 0.3) is 0 Å². The van der Waals surface area contributed by atoms with Gasteiger partial charge in [0, 0.05) is 18.3 Å². The van der Waals surface area contributed by atoms with E-state index in [9.17, 15) is 4.79 Å². The van der Waals surface area contributed by atoms with Gasteiger partial charge in [-0.25, -0.2) is 0 Å². The van der Waals surface area contributed by atoms with Crippen LogP contribution in [0.4, 0.5) is 5.69 Å². The average molecular weight is 359 g/mol. The lowest BCUT2D eigenvalue weighted by atomic mass is 9.87. The van der Waals surface area contributed by atoms with Gasteiger partial charge in [0.2, 0.25) is 5.91 Å². The molecule has 134 valence electrons. The molecule has 1 unspecified atom stereocenters. The molecule has 4 heteroatoms. The van der Waals surface area contributed by atoms with E-state index in [1.165, 1.54) is 11.1 Å². The second kappa shape index (κ2) is 8.91. The molecule has 0 fully saturated rings. The highest BCUT2D eigenvalue weighted by Gasteiger charge is 2.27. The van der Waals surface area contributed by atoms with Gasteiger partial charge >= 0.3 is 0 Å². The zero-order valence-electron chi connectivity index (χ0n) is 14.8. The Bertz CT molecular complexity index is 699. The number of hydrogen-bond donors (Lipinski definition) is 1. The van der Waals surface area contributed by atoms with E-state index < -0.39 is 0 Å². The van der Waals surface area contributed by atoms with Crippen LogP contribution in [0.5, 0.6) is 0 Å². The molecule has 1 aliphatic rings. The highest BCUT2D eigenvalue weighted by Crippen LogP contribution is 2.25. The molecule has 25 heavy (non-hydrogen) atoms. The zero-order chi connectivity index (χ0) is 16.9. The van der Waals surface area contributed by atoms with Crippen molar-refractivity contribution in [1.29, 1.82) is 0 Å². The van der Waals surface area contributed by atoms with Crippen molar-refractivity contribution in [3.63, 3.8) is 0 Å². The second-order valence-electron chi connectivity index (χ2n) is 6.67. The number of nitrogen functional groups attached to an aromatic ring is 1. The normalized spacial score (nSPS) is 15.8. The van der Waals surface area contributed by atoms with E-state index in [0.717, 1.165) is 43.5 Å². The predicted molar refractivity (Wildman–Crippen MR) is 106 cm³/mol. The first-order valence-corrected chi connectivity index (χ1v) is 8.88. The summed E-state index contributed by atoms with van der Waals surface area (Å²) < 4.78 is 0. The van der Waals surface area contributed by atoms with Gasteiger partial charge < -0.3 is 10.6 Å². The Morgan fingerprint density at radius 3 is 2.48 bits per heavy atom. The number of rotatable bonds is 5. The lowest BCUT2D eigenvalue weighted by Crippen LogP contribution is -2.44. The lowest BCUT2D eigenvalue weighted by Gasteiger charge is -2.35. The Kier molecular flexibility index (Phi) is 6.89. The molecule has 0 saturated carbocycles. The molecule has 0 aliphatic heterocycles. The molecule has 0 spiro atoms. The first kappa shape index (κ1) is 19.3. The SMILES string of the molecule is CCCN(C(=O)Cc1ccc(N)cc1)C1CCc2ccccc2C1.Cl. The molecule has 2 N–H and O–H groups in total. The summed E-state index contributed by atoms with van der Waals surface area (Å²) in [7, 11) is 0. The topological polar surface area (TPSA) is 46.3 Å². The van der Waals surface area contributed by atoms with Crippen LogP contribution in [-0.2, 0) is 24.1 Å². The largest absolute Gasteiger partial charge is 0.399 e. The Morgan fingerprint density at radius 2 is 1.80 bits per heavy atom. The third-order valence-corrected chi connectivity index (χ3v) is 4.88. The van der Waals surface area contributed by atoms with Gasteiger partial charge in [-0.05, 0) is 54.5 Å². The van der Waals surface area contributed by atoms with Crippen molar-refractivity contribution >= 4 is 24.0 Å². The van der Waals surface area contributed by atoms with E-state index in [4.69, 9.17) is 5.73 Å². The Morgan fingerprint density at radius 1 is 1.12 bits per heavy atom. The van der Waals surface area contributed by atoms with Crippen molar-refractivity contribution in [3.05, 3.63) is 65.2 Å². The zero-order valence-corrected chi connectivity index (χ0v) is 15.6. The number of anilines is 1. The number of nitrogens with zero attached hydrogens (tertiary/aromatic N) is 1. The summed E-state index contributed by atoms with van der Waals surface area (Å²) in [6, 6.07) is 16.6. The fourth-order valence-electron chi connectivity index (χ4n) is 3.61. The van der Waals surface area contributed by atoms with E-state index in [1.54, 1.807) is 0 Å². The molecule has 0 bridgehead atoms. The quantitative estimate of drug-likeness (QED) is 0.820. The first-order valence-electron chi connectivity index (χ1n) is 8.88. The van der Waals surface area contributed by atoms with Crippen molar-refractivity contribution in [2.75, 3.05) is 12.3 Å². The van der Waals surface area contributed by atoms with Crippen LogP contribution < -0.4 is 5.73 Å². The van der Waals surface area contributed by atoms with Gasteiger partial charge in [0.1, 0.15) is 0 Å². The van der Waals surface area contributed by atoms with Crippen LogP contribution in [0.15, 0.2) is 48.5 Å². The van der Waals surface area contributed by atoms with Crippen LogP contribution in [0.2, 0.25) is 0 Å². The van der Waals surface area contributed by atoms with Crippen LogP contribution in [0, 0.1) is 0 Å². The molecule has 3 nitrogen and oxygen atoms in total. The van der Waals surface area contributed by atoms with E-state index in [1.807, 2.05) is 24.3 Å². The molecule has 0 saturated heterocycles. The summed E-state index contributed by atoms with van der Waals surface area (Å²) in [6.45, 7) is 2.97. The number of carbonyl (C=O) groups is 1. The molecule has 0 heterocycles. The number of benzene rings is 2. The van der Waals surface area contributed by atoms with Gasteiger partial charge in [0.25, 0.3) is 0 Å². The number of carbonyl (C=O) groups excluding carboxylic acids is 1. The summed E-state index contributed by atoms with van der Waals surface area (Å²) in [5.74, 6) is 0.228. The van der Waals surface area contributed by atoms with Crippen molar-refractivity contribution < 1.29 is 4.79 Å². The van der Waals surface area contributed by atoms with E-state index in [2.05, 4.69) is 36.1 Å². The maximum Gasteiger partial charge on any atom is 0.227 e. The van der Waals surface area contributed by atoms with Crippen molar-refractivity contribution in [3.8, 4) is 0 Å². The highest BCUT2D eigenvalue weighted by atomic mass is 35.5. The van der Waals surface area contributed by atoms with Gasteiger partial charge in [-0.15, -0.1) is 12.4 Å². The molecule has 0 radical (unpaired) electrons. The minimum Gasteiger partial charge on any atom is -0.399 e. The molecule has 3 rings (SSSR count). The number of hydrogen-bond acceptors (Lipinski definition) is 2. The third kappa shape index (κ3) is 4.76. The van der Waals surface area contributed by atoms with Crippen LogP contribution >= 0.6 is 12.4 Å². The Balaban J connectivity index is 0.00000225. The molecule has 0 aromatic heterocycles. The summed E-state index contributed by atoms with van der Waals surface area (Å²) in [6.07, 6.45) is 4.55. The third-order valence-electron chi connectivity index (χ3n) is 4.88. The molecule has 2 aromatic carbocycles. The number of nitrogens with two attached hydrogens (primary N) is 1. The average Bonchev–Trinajstić information content (AvgIpc) is 2.61. The summed E-state index contributed by atoms with van der Waals surface area (Å²) >= 11 is 0. The van der Waals surface area contributed by atoms with Crippen LogP contribution in [0.1, 0.15) is 36.5 Å². The molecule has 1 atom stereocenters. The predicted octanol–water partition coefficient (Wildman–Crippen LogP) is 4.03. The number of aryl methyl sites for hydroxylation is 1. The van der Waals surface area contributed by atoms with Gasteiger partial charge in [0.15, 0.2) is 0 Å². The highest BCUT2D eigenvalue weighted by molar-refractivity contribution is 5.85. The molecule has 2 aromatic rings. The Labute approximate surface area is 156 Å². The lowest BCUT2D eigenvalue weighted by molar-refractivity contribution is -0.133. The van der Waals surface area contributed by atoms with Gasteiger partial charge in [-0.1, -0.05) is 43.3 Å². The van der Waals surface area contributed by atoms with Crippen molar-refractivity contribution in [2.24, 2.45) is 0 Å². The second-order valence-corrected chi connectivity index (χ2v) is 6.67. The van der Waals surface area contributed by atoms with Gasteiger partial charge in [-0.2, -0.15) is 0 Å². The van der Waals surface area contributed by atoms with Crippen LogP contribution in [-0.4, -0.2) is 23.4 Å². The minimum absolute atomic E-state index is 0. The van der Waals surface area contributed by atoms with Crippen LogP contribution in [0.3, 0.4) is 0 Å². The summed E-state index contributed by atoms with van der Waals surface area (Å²) in [4.78, 5) is 15.0. The molecule has 1 amide bonds. The Hall–Kier alpha value is -2.00. The number of amides is 1. The van der Waals surface area contributed by atoms with Gasteiger partial charge in [0.05, 0.1) is 6.42 Å². The van der Waals surface area contributed by atoms with Crippen molar-refractivity contribution in [2.45, 2.75) is 45.1 Å². The molecule has 1 aliphatic carbocycles.